The van der Waals surface area contributed by atoms with Crippen LogP contribution < -0.4 is 5.56 Å². The molecule has 0 unspecified atom stereocenters. The molecule has 2 aromatic heterocycles. The number of fused-ring (bicyclic) bond motifs is 1. The Morgan fingerprint density at radius 2 is 2.09 bits per heavy atom. The second kappa shape index (κ2) is 5.90. The molecule has 0 saturated carbocycles. The van der Waals surface area contributed by atoms with Gasteiger partial charge in [-0.25, -0.2) is 9.78 Å². The number of carbonyl (C=O) groups is 1. The van der Waals surface area contributed by atoms with Crippen LogP contribution in [0.5, 0.6) is 0 Å². The second-order valence-corrected chi connectivity index (χ2v) is 5.72. The van der Waals surface area contributed by atoms with Gasteiger partial charge in [0.15, 0.2) is 4.96 Å². The molecule has 0 N–H and O–H groups in total. The first-order chi connectivity index (χ1) is 10.6. The van der Waals surface area contributed by atoms with Crippen LogP contribution in [0.4, 0.5) is 0 Å². The standard InChI is InChI=1S/C15H11ClN2O3S/c1-2-21-14(20)11-7-17-15-18(13(11)19)12(8-22-15)9-3-5-10(16)6-4-9/h3-8H,2H2,1H3. The number of hydrogen-bond donors (Lipinski definition) is 0. The van der Waals surface area contributed by atoms with Crippen LogP contribution in [0.2, 0.25) is 5.02 Å². The SMILES string of the molecule is CCOC(=O)c1cnc2scc(-c3ccc(Cl)cc3)n2c1=O. The van der Waals surface area contributed by atoms with Gasteiger partial charge in [-0.1, -0.05) is 23.7 Å². The number of halogens is 1. The third kappa shape index (κ3) is 2.51. The first-order valence-corrected chi connectivity index (χ1v) is 7.80. The highest BCUT2D eigenvalue weighted by Crippen LogP contribution is 2.25. The zero-order chi connectivity index (χ0) is 15.7. The smallest absolute Gasteiger partial charge is 0.345 e. The van der Waals surface area contributed by atoms with E-state index in [0.717, 1.165) is 5.56 Å². The summed E-state index contributed by atoms with van der Waals surface area (Å²) in [5.41, 5.74) is 0.975. The van der Waals surface area contributed by atoms with E-state index in [1.54, 1.807) is 19.1 Å². The van der Waals surface area contributed by atoms with Crippen LogP contribution in [0.1, 0.15) is 17.3 Å². The van der Waals surface area contributed by atoms with Crippen molar-refractivity contribution < 1.29 is 9.53 Å². The Balaban J connectivity index is 2.21. The summed E-state index contributed by atoms with van der Waals surface area (Å²) in [5, 5.41) is 2.43. The zero-order valence-corrected chi connectivity index (χ0v) is 13.1. The number of ether oxygens (including phenoxy) is 1. The predicted molar refractivity (Wildman–Crippen MR) is 85.7 cm³/mol. The van der Waals surface area contributed by atoms with Gasteiger partial charge in [0, 0.05) is 10.4 Å². The molecule has 0 spiro atoms. The van der Waals surface area contributed by atoms with Crippen LogP contribution in [0.25, 0.3) is 16.2 Å². The molecule has 0 atom stereocenters. The Morgan fingerprint density at radius 1 is 1.36 bits per heavy atom. The van der Waals surface area contributed by atoms with Gasteiger partial charge in [0.05, 0.1) is 18.5 Å². The van der Waals surface area contributed by atoms with Crippen molar-refractivity contribution in [3.8, 4) is 11.3 Å². The molecular formula is C15H11ClN2O3S. The van der Waals surface area contributed by atoms with Crippen molar-refractivity contribution in [1.82, 2.24) is 9.38 Å². The van der Waals surface area contributed by atoms with Gasteiger partial charge >= 0.3 is 5.97 Å². The van der Waals surface area contributed by atoms with Crippen molar-refractivity contribution >= 4 is 33.9 Å². The highest BCUT2D eigenvalue weighted by atomic mass is 35.5. The molecule has 0 aliphatic heterocycles. The minimum atomic E-state index is -0.664. The topological polar surface area (TPSA) is 60.7 Å². The summed E-state index contributed by atoms with van der Waals surface area (Å²) in [4.78, 5) is 29.1. The summed E-state index contributed by atoms with van der Waals surface area (Å²) in [6.07, 6.45) is 1.26. The molecule has 7 heteroatoms. The lowest BCUT2D eigenvalue weighted by Crippen LogP contribution is -2.24. The average molecular weight is 335 g/mol. The maximum Gasteiger partial charge on any atom is 0.345 e. The second-order valence-electron chi connectivity index (χ2n) is 4.44. The minimum Gasteiger partial charge on any atom is -0.462 e. The van der Waals surface area contributed by atoms with E-state index in [4.69, 9.17) is 16.3 Å². The van der Waals surface area contributed by atoms with E-state index in [-0.39, 0.29) is 12.2 Å². The molecule has 0 radical (unpaired) electrons. The highest BCUT2D eigenvalue weighted by Gasteiger charge is 2.17. The largest absolute Gasteiger partial charge is 0.462 e. The molecule has 0 aliphatic rings. The Labute approximate surface area is 134 Å². The quantitative estimate of drug-likeness (QED) is 0.690. The molecule has 22 heavy (non-hydrogen) atoms. The van der Waals surface area contributed by atoms with E-state index in [1.165, 1.54) is 21.9 Å². The van der Waals surface area contributed by atoms with Crippen LogP contribution in [0, 0.1) is 0 Å². The average Bonchev–Trinajstić information content (AvgIpc) is 2.93. The van der Waals surface area contributed by atoms with Gasteiger partial charge in [0.25, 0.3) is 5.56 Å². The van der Waals surface area contributed by atoms with Crippen LogP contribution in [-0.4, -0.2) is 22.0 Å². The van der Waals surface area contributed by atoms with Crippen molar-refractivity contribution in [2.24, 2.45) is 0 Å². The number of hydrogen-bond acceptors (Lipinski definition) is 5. The van der Waals surface area contributed by atoms with Crippen LogP contribution in [-0.2, 0) is 4.74 Å². The summed E-state index contributed by atoms with van der Waals surface area (Å²) in [6, 6.07) is 7.11. The molecule has 5 nitrogen and oxygen atoms in total. The lowest BCUT2D eigenvalue weighted by Gasteiger charge is -2.04. The number of benzene rings is 1. The number of rotatable bonds is 3. The summed E-state index contributed by atoms with van der Waals surface area (Å²) in [6.45, 7) is 1.89. The van der Waals surface area contributed by atoms with Gasteiger partial charge in [-0.2, -0.15) is 0 Å². The van der Waals surface area contributed by atoms with Crippen LogP contribution in [0.3, 0.4) is 0 Å². The molecule has 3 aromatic rings. The van der Waals surface area contributed by atoms with Crippen molar-refractivity contribution in [1.29, 1.82) is 0 Å². The first-order valence-electron chi connectivity index (χ1n) is 6.54. The fourth-order valence-electron chi connectivity index (χ4n) is 2.06. The summed E-state index contributed by atoms with van der Waals surface area (Å²) in [7, 11) is 0. The minimum absolute atomic E-state index is 0.0760. The molecule has 1 aromatic carbocycles. The lowest BCUT2D eigenvalue weighted by atomic mass is 10.2. The molecule has 3 rings (SSSR count). The van der Waals surface area contributed by atoms with Crippen LogP contribution in [0.15, 0.2) is 40.6 Å². The Kier molecular flexibility index (Phi) is 3.96. The highest BCUT2D eigenvalue weighted by molar-refractivity contribution is 7.15. The molecule has 0 fully saturated rings. The number of esters is 1. The molecular weight excluding hydrogens is 324 g/mol. The van der Waals surface area contributed by atoms with E-state index >= 15 is 0 Å². The lowest BCUT2D eigenvalue weighted by molar-refractivity contribution is 0.0523. The maximum absolute atomic E-state index is 12.6. The number of nitrogens with zero attached hydrogens (tertiary/aromatic N) is 2. The van der Waals surface area contributed by atoms with Crippen molar-refractivity contribution in [3.05, 3.63) is 56.8 Å². The molecule has 0 saturated heterocycles. The fourth-order valence-corrected chi connectivity index (χ4v) is 3.05. The molecule has 0 amide bonds. The van der Waals surface area contributed by atoms with E-state index < -0.39 is 11.5 Å². The molecule has 112 valence electrons. The summed E-state index contributed by atoms with van der Waals surface area (Å²) < 4.78 is 6.31. The van der Waals surface area contributed by atoms with Gasteiger partial charge in [-0.05, 0) is 24.6 Å². The predicted octanol–water partition coefficient (Wildman–Crippen LogP) is 3.25. The molecule has 0 bridgehead atoms. The van der Waals surface area contributed by atoms with Crippen molar-refractivity contribution in [2.75, 3.05) is 6.61 Å². The Hall–Kier alpha value is -2.18. The van der Waals surface area contributed by atoms with Crippen molar-refractivity contribution in [3.63, 3.8) is 0 Å². The number of thiazole rings is 1. The Morgan fingerprint density at radius 3 is 2.77 bits per heavy atom. The van der Waals surface area contributed by atoms with Gasteiger partial charge in [-0.15, -0.1) is 11.3 Å². The normalized spacial score (nSPS) is 10.8. The van der Waals surface area contributed by atoms with Crippen LogP contribution >= 0.6 is 22.9 Å². The van der Waals surface area contributed by atoms with Gasteiger partial charge in [-0.3, -0.25) is 9.20 Å². The molecule has 2 heterocycles. The summed E-state index contributed by atoms with van der Waals surface area (Å²) >= 11 is 7.21. The monoisotopic (exact) mass is 334 g/mol. The van der Waals surface area contributed by atoms with E-state index in [0.29, 0.717) is 15.7 Å². The zero-order valence-electron chi connectivity index (χ0n) is 11.6. The maximum atomic E-state index is 12.6. The third-order valence-corrected chi connectivity index (χ3v) is 4.17. The van der Waals surface area contributed by atoms with Gasteiger partial charge < -0.3 is 4.74 Å². The first kappa shape index (κ1) is 14.7. The van der Waals surface area contributed by atoms with Gasteiger partial charge in [0.1, 0.15) is 5.56 Å². The molecule has 0 aliphatic carbocycles. The van der Waals surface area contributed by atoms with E-state index in [9.17, 15) is 9.59 Å². The van der Waals surface area contributed by atoms with E-state index in [2.05, 4.69) is 4.98 Å². The number of carbonyl (C=O) groups excluding carboxylic acids is 1. The summed E-state index contributed by atoms with van der Waals surface area (Å²) in [5.74, 6) is -0.664. The van der Waals surface area contributed by atoms with Crippen molar-refractivity contribution in [2.45, 2.75) is 6.92 Å². The van der Waals surface area contributed by atoms with E-state index in [1.807, 2.05) is 17.5 Å². The van der Waals surface area contributed by atoms with Gasteiger partial charge in [0.2, 0.25) is 0 Å². The Bertz CT molecular complexity index is 899. The fraction of sp³-hybridized carbons (Fsp3) is 0.133. The third-order valence-electron chi connectivity index (χ3n) is 3.08. The number of aromatic nitrogens is 2.